The SMILES string of the molecule is CCCN(c1nc2ccccc2cc1C(N)=NO)C(C)C. The van der Waals surface area contributed by atoms with E-state index in [1.54, 1.807) is 0 Å². The first kappa shape index (κ1) is 15.1. The monoisotopic (exact) mass is 286 g/mol. The van der Waals surface area contributed by atoms with Crippen LogP contribution in [0.4, 0.5) is 5.82 Å². The van der Waals surface area contributed by atoms with Crippen molar-refractivity contribution in [3.8, 4) is 0 Å². The van der Waals surface area contributed by atoms with Crippen LogP contribution in [0.15, 0.2) is 35.5 Å². The molecule has 1 heterocycles. The van der Waals surface area contributed by atoms with E-state index in [4.69, 9.17) is 15.9 Å². The molecule has 3 N–H and O–H groups in total. The Labute approximate surface area is 125 Å². The lowest BCUT2D eigenvalue weighted by atomic mass is 10.1. The maximum atomic E-state index is 9.05. The summed E-state index contributed by atoms with van der Waals surface area (Å²) in [7, 11) is 0. The third-order valence-electron chi connectivity index (χ3n) is 3.45. The lowest BCUT2D eigenvalue weighted by Crippen LogP contribution is -2.34. The molecule has 0 unspecified atom stereocenters. The minimum absolute atomic E-state index is 0.0880. The highest BCUT2D eigenvalue weighted by Gasteiger charge is 2.18. The normalized spacial score (nSPS) is 12.1. The van der Waals surface area contributed by atoms with Crippen molar-refractivity contribution < 1.29 is 5.21 Å². The smallest absolute Gasteiger partial charge is 0.173 e. The van der Waals surface area contributed by atoms with Gasteiger partial charge < -0.3 is 15.8 Å². The Hall–Kier alpha value is -2.30. The van der Waals surface area contributed by atoms with Crippen LogP contribution in [0.2, 0.25) is 0 Å². The van der Waals surface area contributed by atoms with Gasteiger partial charge in [0.1, 0.15) is 5.82 Å². The molecular weight excluding hydrogens is 264 g/mol. The van der Waals surface area contributed by atoms with E-state index in [2.05, 4.69) is 30.8 Å². The predicted molar refractivity (Wildman–Crippen MR) is 87.0 cm³/mol. The van der Waals surface area contributed by atoms with E-state index in [1.165, 1.54) is 0 Å². The zero-order valence-electron chi connectivity index (χ0n) is 12.7. The first-order chi connectivity index (χ1) is 10.1. The summed E-state index contributed by atoms with van der Waals surface area (Å²) in [5.41, 5.74) is 7.42. The Balaban J connectivity index is 2.68. The minimum atomic E-state index is 0.0880. The molecule has 21 heavy (non-hydrogen) atoms. The molecule has 5 nitrogen and oxygen atoms in total. The topological polar surface area (TPSA) is 74.7 Å². The molecule has 5 heteroatoms. The zero-order valence-corrected chi connectivity index (χ0v) is 12.7. The second-order valence-corrected chi connectivity index (χ2v) is 5.32. The number of pyridine rings is 1. The Morgan fingerprint density at radius 1 is 1.38 bits per heavy atom. The summed E-state index contributed by atoms with van der Waals surface area (Å²) in [5, 5.41) is 13.2. The van der Waals surface area contributed by atoms with Gasteiger partial charge in [0.05, 0.1) is 11.1 Å². The lowest BCUT2D eigenvalue weighted by Gasteiger charge is -2.29. The maximum Gasteiger partial charge on any atom is 0.173 e. The summed E-state index contributed by atoms with van der Waals surface area (Å²) in [4.78, 5) is 6.92. The van der Waals surface area contributed by atoms with Crippen molar-refractivity contribution >= 4 is 22.6 Å². The number of para-hydroxylation sites is 1. The van der Waals surface area contributed by atoms with Gasteiger partial charge >= 0.3 is 0 Å². The highest BCUT2D eigenvalue weighted by Crippen LogP contribution is 2.25. The predicted octanol–water partition coefficient (Wildman–Crippen LogP) is 2.95. The van der Waals surface area contributed by atoms with Gasteiger partial charge in [0, 0.05) is 18.0 Å². The number of aromatic nitrogens is 1. The van der Waals surface area contributed by atoms with Gasteiger partial charge in [-0.2, -0.15) is 0 Å². The number of oxime groups is 1. The molecule has 1 aromatic carbocycles. The van der Waals surface area contributed by atoms with Crippen LogP contribution >= 0.6 is 0 Å². The second kappa shape index (κ2) is 6.43. The fourth-order valence-electron chi connectivity index (χ4n) is 2.42. The average molecular weight is 286 g/mol. The average Bonchev–Trinajstić information content (AvgIpc) is 2.50. The molecule has 1 aromatic heterocycles. The molecule has 0 spiro atoms. The van der Waals surface area contributed by atoms with Crippen LogP contribution in [-0.2, 0) is 0 Å². The Kier molecular flexibility index (Phi) is 4.62. The van der Waals surface area contributed by atoms with Crippen LogP contribution in [0, 0.1) is 0 Å². The summed E-state index contributed by atoms with van der Waals surface area (Å²) >= 11 is 0. The van der Waals surface area contributed by atoms with Crippen LogP contribution < -0.4 is 10.6 Å². The molecule has 0 aliphatic rings. The molecule has 0 fully saturated rings. The van der Waals surface area contributed by atoms with Crippen LogP contribution in [0.1, 0.15) is 32.8 Å². The quantitative estimate of drug-likeness (QED) is 0.383. The number of hydrogen-bond acceptors (Lipinski definition) is 4. The Morgan fingerprint density at radius 3 is 2.71 bits per heavy atom. The van der Waals surface area contributed by atoms with Crippen molar-refractivity contribution in [2.75, 3.05) is 11.4 Å². The fraction of sp³-hybridized carbons (Fsp3) is 0.375. The van der Waals surface area contributed by atoms with E-state index in [0.29, 0.717) is 5.56 Å². The molecule has 0 amide bonds. The van der Waals surface area contributed by atoms with Gasteiger partial charge in [0.25, 0.3) is 0 Å². The van der Waals surface area contributed by atoms with E-state index in [0.717, 1.165) is 29.7 Å². The fourth-order valence-corrected chi connectivity index (χ4v) is 2.42. The van der Waals surface area contributed by atoms with Gasteiger partial charge in [-0.05, 0) is 32.4 Å². The summed E-state index contributed by atoms with van der Waals surface area (Å²) in [6.45, 7) is 7.22. The van der Waals surface area contributed by atoms with Gasteiger partial charge in [-0.3, -0.25) is 0 Å². The van der Waals surface area contributed by atoms with Crippen molar-refractivity contribution in [1.82, 2.24) is 4.98 Å². The Bertz CT molecular complexity index is 652. The number of amidine groups is 1. The van der Waals surface area contributed by atoms with Gasteiger partial charge in [-0.25, -0.2) is 4.98 Å². The lowest BCUT2D eigenvalue weighted by molar-refractivity contribution is 0.318. The first-order valence-electron chi connectivity index (χ1n) is 7.22. The van der Waals surface area contributed by atoms with E-state index in [-0.39, 0.29) is 11.9 Å². The summed E-state index contributed by atoms with van der Waals surface area (Å²) in [6, 6.07) is 10.1. The van der Waals surface area contributed by atoms with Crippen molar-refractivity contribution in [2.24, 2.45) is 10.9 Å². The van der Waals surface area contributed by atoms with Crippen LogP contribution in [-0.4, -0.2) is 28.6 Å². The molecule has 0 aliphatic carbocycles. The van der Waals surface area contributed by atoms with E-state index in [1.807, 2.05) is 30.3 Å². The molecular formula is C16H22N4O. The van der Waals surface area contributed by atoms with Crippen LogP contribution in [0.3, 0.4) is 0 Å². The minimum Gasteiger partial charge on any atom is -0.409 e. The van der Waals surface area contributed by atoms with Crippen molar-refractivity contribution in [2.45, 2.75) is 33.2 Å². The molecule has 0 aliphatic heterocycles. The number of rotatable bonds is 5. The van der Waals surface area contributed by atoms with Gasteiger partial charge in [-0.15, -0.1) is 0 Å². The molecule has 112 valence electrons. The van der Waals surface area contributed by atoms with Gasteiger partial charge in [-0.1, -0.05) is 30.3 Å². The highest BCUT2D eigenvalue weighted by molar-refractivity contribution is 6.04. The standard InChI is InChI=1S/C16H22N4O/c1-4-9-20(11(2)3)16-13(15(17)19-21)10-12-7-5-6-8-14(12)18-16/h5-8,10-11,21H,4,9H2,1-3H3,(H2,17,19). The molecule has 2 aromatic rings. The number of anilines is 1. The molecule has 0 radical (unpaired) electrons. The first-order valence-corrected chi connectivity index (χ1v) is 7.22. The highest BCUT2D eigenvalue weighted by atomic mass is 16.4. The Morgan fingerprint density at radius 2 is 2.10 bits per heavy atom. The third-order valence-corrected chi connectivity index (χ3v) is 3.45. The number of nitrogens with two attached hydrogens (primary N) is 1. The molecule has 2 rings (SSSR count). The van der Waals surface area contributed by atoms with Crippen molar-refractivity contribution in [3.63, 3.8) is 0 Å². The van der Waals surface area contributed by atoms with Gasteiger partial charge in [0.15, 0.2) is 5.84 Å². The number of benzene rings is 1. The molecule has 0 atom stereocenters. The van der Waals surface area contributed by atoms with Gasteiger partial charge in [0.2, 0.25) is 0 Å². The van der Waals surface area contributed by atoms with Crippen LogP contribution in [0.5, 0.6) is 0 Å². The molecule has 0 saturated carbocycles. The largest absolute Gasteiger partial charge is 0.409 e. The number of nitrogens with zero attached hydrogens (tertiary/aromatic N) is 3. The maximum absolute atomic E-state index is 9.05. The zero-order chi connectivity index (χ0) is 15.4. The van der Waals surface area contributed by atoms with E-state index >= 15 is 0 Å². The molecule has 0 bridgehead atoms. The molecule has 0 saturated heterocycles. The second-order valence-electron chi connectivity index (χ2n) is 5.32. The van der Waals surface area contributed by atoms with E-state index in [9.17, 15) is 0 Å². The number of hydrogen-bond donors (Lipinski definition) is 2. The van der Waals surface area contributed by atoms with Crippen LogP contribution in [0.25, 0.3) is 10.9 Å². The number of fused-ring (bicyclic) bond motifs is 1. The van der Waals surface area contributed by atoms with E-state index < -0.39 is 0 Å². The van der Waals surface area contributed by atoms with Crippen molar-refractivity contribution in [1.29, 1.82) is 0 Å². The summed E-state index contributed by atoms with van der Waals surface area (Å²) in [5.74, 6) is 0.853. The summed E-state index contributed by atoms with van der Waals surface area (Å²) in [6.07, 6.45) is 1.00. The summed E-state index contributed by atoms with van der Waals surface area (Å²) < 4.78 is 0. The third kappa shape index (κ3) is 3.07. The van der Waals surface area contributed by atoms with Crippen molar-refractivity contribution in [3.05, 3.63) is 35.9 Å².